The van der Waals surface area contributed by atoms with Crippen molar-refractivity contribution in [3.05, 3.63) is 18.3 Å². The molecule has 3 N–H and O–H groups in total. The van der Waals surface area contributed by atoms with E-state index in [2.05, 4.69) is 31.1 Å². The summed E-state index contributed by atoms with van der Waals surface area (Å²) in [5, 5.41) is 2.89. The number of carbonyl (C=O) groups is 1. The van der Waals surface area contributed by atoms with Crippen LogP contribution in [0.5, 0.6) is 0 Å². The number of hydrogen-bond donors (Lipinski definition) is 2. The first kappa shape index (κ1) is 14.8. The second-order valence-corrected chi connectivity index (χ2v) is 6.88. The highest BCUT2D eigenvalue weighted by atomic mass is 16.1. The molecule has 0 aromatic carbocycles. The van der Waals surface area contributed by atoms with E-state index in [0.29, 0.717) is 16.9 Å². The molecule has 4 heteroatoms. The molecular weight excluding hydrogens is 250 g/mol. The summed E-state index contributed by atoms with van der Waals surface area (Å²) in [4.78, 5) is 16.3. The molecule has 110 valence electrons. The maximum atomic E-state index is 12.2. The minimum atomic E-state index is 0.0923. The summed E-state index contributed by atoms with van der Waals surface area (Å²) in [6.45, 7) is 6.86. The molecule has 2 rings (SSSR count). The van der Waals surface area contributed by atoms with E-state index in [9.17, 15) is 4.79 Å². The van der Waals surface area contributed by atoms with E-state index in [1.54, 1.807) is 18.3 Å². The third-order valence-corrected chi connectivity index (χ3v) is 4.36. The summed E-state index contributed by atoms with van der Waals surface area (Å²) in [6, 6.07) is 3.49. The topological polar surface area (TPSA) is 68.0 Å². The second-order valence-electron chi connectivity index (χ2n) is 6.88. The molecule has 1 aromatic rings. The van der Waals surface area contributed by atoms with Crippen molar-refractivity contribution in [2.75, 3.05) is 11.1 Å². The van der Waals surface area contributed by atoms with E-state index < -0.39 is 0 Å². The average Bonchev–Trinajstić information content (AvgIpc) is 2.40. The van der Waals surface area contributed by atoms with Crippen LogP contribution in [0.15, 0.2) is 18.3 Å². The number of amides is 1. The zero-order valence-corrected chi connectivity index (χ0v) is 12.6. The molecule has 1 heterocycles. The molecule has 1 aliphatic carbocycles. The fraction of sp³-hybridized carbons (Fsp3) is 0.625. The minimum Gasteiger partial charge on any atom is -0.397 e. The quantitative estimate of drug-likeness (QED) is 0.868. The number of nitrogens with zero attached hydrogens (tertiary/aromatic N) is 1. The Balaban J connectivity index is 1.87. The van der Waals surface area contributed by atoms with Crippen molar-refractivity contribution in [3.8, 4) is 0 Å². The van der Waals surface area contributed by atoms with E-state index in [1.165, 1.54) is 0 Å². The number of hydrogen-bond acceptors (Lipinski definition) is 3. The average molecular weight is 275 g/mol. The Bertz CT molecular complexity index is 454. The van der Waals surface area contributed by atoms with Crippen LogP contribution in [0.1, 0.15) is 46.5 Å². The number of nitrogens with two attached hydrogens (primary N) is 1. The largest absolute Gasteiger partial charge is 0.397 e. The SMILES string of the molecule is CC(C)(C)C1CCC(C(=O)Nc2ccc(N)cn2)CC1. The molecule has 1 amide bonds. The van der Waals surface area contributed by atoms with Crippen LogP contribution >= 0.6 is 0 Å². The molecule has 1 saturated carbocycles. The van der Waals surface area contributed by atoms with Gasteiger partial charge in [-0.15, -0.1) is 0 Å². The highest BCUT2D eigenvalue weighted by Crippen LogP contribution is 2.39. The van der Waals surface area contributed by atoms with Gasteiger partial charge < -0.3 is 11.1 Å². The lowest BCUT2D eigenvalue weighted by Crippen LogP contribution is -2.31. The van der Waals surface area contributed by atoms with E-state index in [0.717, 1.165) is 31.6 Å². The van der Waals surface area contributed by atoms with Crippen LogP contribution < -0.4 is 11.1 Å². The molecule has 0 saturated heterocycles. The third kappa shape index (κ3) is 3.71. The maximum Gasteiger partial charge on any atom is 0.228 e. The Hall–Kier alpha value is -1.58. The first-order chi connectivity index (χ1) is 9.36. The van der Waals surface area contributed by atoms with Crippen LogP contribution in [0.4, 0.5) is 11.5 Å². The molecule has 1 aromatic heterocycles. The van der Waals surface area contributed by atoms with Gasteiger partial charge in [-0.1, -0.05) is 20.8 Å². The highest BCUT2D eigenvalue weighted by molar-refractivity contribution is 5.91. The number of rotatable bonds is 2. The maximum absolute atomic E-state index is 12.2. The zero-order chi connectivity index (χ0) is 14.8. The van der Waals surface area contributed by atoms with Gasteiger partial charge in [0.25, 0.3) is 0 Å². The summed E-state index contributed by atoms with van der Waals surface area (Å²) in [7, 11) is 0. The van der Waals surface area contributed by atoms with Crippen LogP contribution in [0.25, 0.3) is 0 Å². The second kappa shape index (κ2) is 5.81. The minimum absolute atomic E-state index is 0.0923. The van der Waals surface area contributed by atoms with Gasteiger partial charge in [0, 0.05) is 5.92 Å². The summed E-state index contributed by atoms with van der Waals surface area (Å²) >= 11 is 0. The van der Waals surface area contributed by atoms with Gasteiger partial charge in [0.05, 0.1) is 11.9 Å². The van der Waals surface area contributed by atoms with Crippen molar-refractivity contribution in [1.82, 2.24) is 4.98 Å². The van der Waals surface area contributed by atoms with Crippen LogP contribution in [-0.2, 0) is 4.79 Å². The van der Waals surface area contributed by atoms with Crippen molar-refractivity contribution < 1.29 is 4.79 Å². The number of carbonyl (C=O) groups excluding carboxylic acids is 1. The molecular formula is C16H25N3O. The van der Waals surface area contributed by atoms with Gasteiger partial charge in [-0.3, -0.25) is 4.79 Å². The third-order valence-electron chi connectivity index (χ3n) is 4.36. The first-order valence-corrected chi connectivity index (χ1v) is 7.38. The fourth-order valence-electron chi connectivity index (χ4n) is 2.93. The van der Waals surface area contributed by atoms with Crippen molar-refractivity contribution in [3.63, 3.8) is 0 Å². The molecule has 0 bridgehead atoms. The molecule has 0 unspecified atom stereocenters. The standard InChI is InChI=1S/C16H25N3O/c1-16(2,3)12-6-4-11(5-7-12)15(20)19-14-9-8-13(17)10-18-14/h8-12H,4-7,17H2,1-3H3,(H,18,19,20). The molecule has 1 fully saturated rings. The van der Waals surface area contributed by atoms with Gasteiger partial charge in [-0.25, -0.2) is 4.98 Å². The van der Waals surface area contributed by atoms with Crippen molar-refractivity contribution in [2.24, 2.45) is 17.3 Å². The molecule has 0 aliphatic heterocycles. The first-order valence-electron chi connectivity index (χ1n) is 7.38. The predicted molar refractivity (Wildman–Crippen MR) is 82.2 cm³/mol. The molecule has 1 aliphatic rings. The smallest absolute Gasteiger partial charge is 0.228 e. The van der Waals surface area contributed by atoms with Crippen molar-refractivity contribution >= 4 is 17.4 Å². The number of aromatic nitrogens is 1. The van der Waals surface area contributed by atoms with Crippen molar-refractivity contribution in [2.45, 2.75) is 46.5 Å². The van der Waals surface area contributed by atoms with Crippen LogP contribution in [0.3, 0.4) is 0 Å². The Kier molecular flexibility index (Phi) is 4.31. The Morgan fingerprint density at radius 2 is 1.90 bits per heavy atom. The van der Waals surface area contributed by atoms with E-state index in [1.807, 2.05) is 0 Å². The number of nitrogen functional groups attached to an aromatic ring is 1. The van der Waals surface area contributed by atoms with Gasteiger partial charge in [-0.05, 0) is 49.1 Å². The van der Waals surface area contributed by atoms with E-state index >= 15 is 0 Å². The Morgan fingerprint density at radius 1 is 1.25 bits per heavy atom. The Labute approximate surface area is 121 Å². The molecule has 0 atom stereocenters. The number of nitrogens with one attached hydrogen (secondary N) is 1. The summed E-state index contributed by atoms with van der Waals surface area (Å²) in [5.74, 6) is 1.52. The zero-order valence-electron chi connectivity index (χ0n) is 12.6. The van der Waals surface area contributed by atoms with E-state index in [-0.39, 0.29) is 11.8 Å². The number of pyridine rings is 1. The molecule has 0 spiro atoms. The monoisotopic (exact) mass is 275 g/mol. The van der Waals surface area contributed by atoms with Gasteiger partial charge in [0.2, 0.25) is 5.91 Å². The van der Waals surface area contributed by atoms with Gasteiger partial charge >= 0.3 is 0 Å². The van der Waals surface area contributed by atoms with Crippen LogP contribution in [0.2, 0.25) is 0 Å². The fourth-order valence-corrected chi connectivity index (χ4v) is 2.93. The lowest BCUT2D eigenvalue weighted by Gasteiger charge is -2.36. The van der Waals surface area contributed by atoms with E-state index in [4.69, 9.17) is 5.73 Å². The van der Waals surface area contributed by atoms with Crippen molar-refractivity contribution in [1.29, 1.82) is 0 Å². The van der Waals surface area contributed by atoms with Crippen LogP contribution in [0, 0.1) is 17.3 Å². The Morgan fingerprint density at radius 3 is 2.40 bits per heavy atom. The molecule has 4 nitrogen and oxygen atoms in total. The number of anilines is 2. The summed E-state index contributed by atoms with van der Waals surface area (Å²) in [6.07, 6.45) is 5.78. The summed E-state index contributed by atoms with van der Waals surface area (Å²) in [5.41, 5.74) is 6.53. The highest BCUT2D eigenvalue weighted by Gasteiger charge is 2.32. The molecule has 20 heavy (non-hydrogen) atoms. The summed E-state index contributed by atoms with van der Waals surface area (Å²) < 4.78 is 0. The predicted octanol–water partition coefficient (Wildman–Crippen LogP) is 3.45. The molecule has 0 radical (unpaired) electrons. The van der Waals surface area contributed by atoms with Gasteiger partial charge in [0.15, 0.2) is 0 Å². The normalized spacial score (nSPS) is 23.4. The van der Waals surface area contributed by atoms with Gasteiger partial charge in [0.1, 0.15) is 5.82 Å². The van der Waals surface area contributed by atoms with Gasteiger partial charge in [-0.2, -0.15) is 0 Å². The lowest BCUT2D eigenvalue weighted by atomic mass is 9.70. The van der Waals surface area contributed by atoms with Crippen LogP contribution in [-0.4, -0.2) is 10.9 Å². The lowest BCUT2D eigenvalue weighted by molar-refractivity contribution is -0.121.